The summed E-state index contributed by atoms with van der Waals surface area (Å²) < 4.78 is 27.5. The van der Waals surface area contributed by atoms with E-state index in [1.807, 2.05) is 0 Å². The van der Waals surface area contributed by atoms with Gasteiger partial charge in [0.1, 0.15) is 0 Å². The van der Waals surface area contributed by atoms with E-state index in [1.165, 1.54) is 24.3 Å². The Hall–Kier alpha value is -1.24. The Balaban J connectivity index is 2.36. The molecule has 0 bridgehead atoms. The number of hydrogen-bond donors (Lipinski definition) is 2. The van der Waals surface area contributed by atoms with Gasteiger partial charge in [-0.1, -0.05) is 27.5 Å². The first-order valence-corrected chi connectivity index (χ1v) is 7.87. The number of rotatable bonds is 3. The van der Waals surface area contributed by atoms with Crippen molar-refractivity contribution < 1.29 is 8.42 Å². The fourth-order valence-corrected chi connectivity index (χ4v) is 2.99. The normalized spacial score (nSPS) is 11.3. The van der Waals surface area contributed by atoms with Crippen LogP contribution < -0.4 is 10.5 Å². The van der Waals surface area contributed by atoms with E-state index in [0.717, 1.165) is 4.47 Å². The maximum atomic E-state index is 12.2. The molecular formula is C12H10BrClN2O2S. The van der Waals surface area contributed by atoms with Crippen molar-refractivity contribution in [2.45, 2.75) is 4.90 Å². The van der Waals surface area contributed by atoms with E-state index >= 15 is 0 Å². The van der Waals surface area contributed by atoms with Crippen LogP contribution in [0.3, 0.4) is 0 Å². The number of anilines is 2. The zero-order chi connectivity index (χ0) is 14.0. The zero-order valence-electron chi connectivity index (χ0n) is 9.60. The molecule has 0 saturated heterocycles. The number of nitrogens with two attached hydrogens (primary N) is 1. The average molecular weight is 362 g/mol. The largest absolute Gasteiger partial charge is 0.399 e. The molecule has 2 aromatic carbocycles. The Morgan fingerprint density at radius 1 is 1.11 bits per heavy atom. The van der Waals surface area contributed by atoms with E-state index in [1.54, 1.807) is 18.2 Å². The van der Waals surface area contributed by atoms with Crippen LogP contribution in [0.1, 0.15) is 0 Å². The minimum atomic E-state index is -3.68. The van der Waals surface area contributed by atoms with Gasteiger partial charge in [-0.15, -0.1) is 0 Å². The maximum absolute atomic E-state index is 12.2. The molecule has 19 heavy (non-hydrogen) atoms. The summed E-state index contributed by atoms with van der Waals surface area (Å²) in [5.41, 5.74) is 6.29. The smallest absolute Gasteiger partial charge is 0.261 e. The second kappa shape index (κ2) is 5.40. The van der Waals surface area contributed by atoms with Gasteiger partial charge in [-0.25, -0.2) is 8.42 Å². The van der Waals surface area contributed by atoms with Gasteiger partial charge in [0.05, 0.1) is 15.6 Å². The molecule has 4 nitrogen and oxygen atoms in total. The zero-order valence-corrected chi connectivity index (χ0v) is 12.8. The molecule has 0 radical (unpaired) electrons. The number of halogens is 2. The van der Waals surface area contributed by atoms with Crippen molar-refractivity contribution in [3.8, 4) is 0 Å². The van der Waals surface area contributed by atoms with Crippen molar-refractivity contribution in [2.75, 3.05) is 10.5 Å². The van der Waals surface area contributed by atoms with Crippen molar-refractivity contribution in [1.29, 1.82) is 0 Å². The molecule has 0 aliphatic rings. The SMILES string of the molecule is Nc1ccc(Cl)c(NS(=O)(=O)c2ccc(Br)cc2)c1. The van der Waals surface area contributed by atoms with Crippen LogP contribution in [0.5, 0.6) is 0 Å². The van der Waals surface area contributed by atoms with Gasteiger partial charge in [-0.05, 0) is 42.5 Å². The lowest BCUT2D eigenvalue weighted by Gasteiger charge is -2.10. The summed E-state index contributed by atoms with van der Waals surface area (Å²) in [6.45, 7) is 0. The minimum Gasteiger partial charge on any atom is -0.399 e. The molecule has 0 spiro atoms. The number of benzene rings is 2. The number of nitrogens with one attached hydrogen (secondary N) is 1. The molecule has 0 fully saturated rings. The summed E-state index contributed by atoms with van der Waals surface area (Å²) >= 11 is 9.17. The number of hydrogen-bond acceptors (Lipinski definition) is 3. The van der Waals surface area contributed by atoms with Crippen molar-refractivity contribution >= 4 is 48.9 Å². The van der Waals surface area contributed by atoms with Crippen LogP contribution in [-0.4, -0.2) is 8.42 Å². The fourth-order valence-electron chi connectivity index (χ4n) is 1.44. The molecule has 0 aliphatic carbocycles. The minimum absolute atomic E-state index is 0.147. The van der Waals surface area contributed by atoms with Crippen LogP contribution in [-0.2, 0) is 10.0 Å². The molecule has 0 amide bonds. The summed E-state index contributed by atoms with van der Waals surface area (Å²) in [6, 6.07) is 10.9. The molecule has 100 valence electrons. The van der Waals surface area contributed by atoms with Crippen LogP contribution >= 0.6 is 27.5 Å². The van der Waals surface area contributed by atoms with E-state index < -0.39 is 10.0 Å². The first-order chi connectivity index (χ1) is 8.88. The highest BCUT2D eigenvalue weighted by Crippen LogP contribution is 2.27. The topological polar surface area (TPSA) is 72.2 Å². The van der Waals surface area contributed by atoms with Gasteiger partial charge in [0.25, 0.3) is 10.0 Å². The van der Waals surface area contributed by atoms with Crippen LogP contribution in [0.4, 0.5) is 11.4 Å². The highest BCUT2D eigenvalue weighted by atomic mass is 79.9. The van der Waals surface area contributed by atoms with Gasteiger partial charge in [-0.3, -0.25) is 4.72 Å². The molecule has 0 atom stereocenters. The average Bonchev–Trinajstić information content (AvgIpc) is 2.34. The monoisotopic (exact) mass is 360 g/mol. The highest BCUT2D eigenvalue weighted by molar-refractivity contribution is 9.10. The second-order valence-electron chi connectivity index (χ2n) is 3.80. The summed E-state index contributed by atoms with van der Waals surface area (Å²) in [6.07, 6.45) is 0. The van der Waals surface area contributed by atoms with Gasteiger partial charge in [0.15, 0.2) is 0 Å². The van der Waals surface area contributed by atoms with E-state index in [-0.39, 0.29) is 15.6 Å². The lowest BCUT2D eigenvalue weighted by molar-refractivity contribution is 0.601. The molecule has 0 heterocycles. The summed E-state index contributed by atoms with van der Waals surface area (Å²) in [5, 5.41) is 0.287. The summed E-state index contributed by atoms with van der Waals surface area (Å²) in [5.74, 6) is 0. The third-order valence-electron chi connectivity index (χ3n) is 2.36. The van der Waals surface area contributed by atoms with Crippen molar-refractivity contribution in [2.24, 2.45) is 0 Å². The maximum Gasteiger partial charge on any atom is 0.261 e. The van der Waals surface area contributed by atoms with E-state index in [2.05, 4.69) is 20.7 Å². The van der Waals surface area contributed by atoms with Gasteiger partial charge >= 0.3 is 0 Å². The Morgan fingerprint density at radius 3 is 2.37 bits per heavy atom. The van der Waals surface area contributed by atoms with Crippen LogP contribution in [0.2, 0.25) is 5.02 Å². The molecule has 3 N–H and O–H groups in total. The Bertz CT molecular complexity index is 702. The molecule has 0 aromatic heterocycles. The Morgan fingerprint density at radius 2 is 1.74 bits per heavy atom. The molecule has 2 rings (SSSR count). The molecular weight excluding hydrogens is 352 g/mol. The van der Waals surface area contributed by atoms with Crippen molar-refractivity contribution in [3.63, 3.8) is 0 Å². The third kappa shape index (κ3) is 3.40. The lowest BCUT2D eigenvalue weighted by Crippen LogP contribution is -2.13. The van der Waals surface area contributed by atoms with E-state index in [4.69, 9.17) is 17.3 Å². The Labute approximate surface area is 124 Å². The quantitative estimate of drug-likeness (QED) is 0.822. The number of sulfonamides is 1. The number of nitrogen functional groups attached to an aromatic ring is 1. The first-order valence-electron chi connectivity index (χ1n) is 5.22. The predicted molar refractivity (Wildman–Crippen MR) is 80.8 cm³/mol. The van der Waals surface area contributed by atoms with Gasteiger partial charge in [-0.2, -0.15) is 0 Å². The van der Waals surface area contributed by atoms with Crippen LogP contribution in [0, 0.1) is 0 Å². The summed E-state index contributed by atoms with van der Waals surface area (Å²) in [4.78, 5) is 0.147. The molecule has 7 heteroatoms. The highest BCUT2D eigenvalue weighted by Gasteiger charge is 2.15. The lowest BCUT2D eigenvalue weighted by atomic mass is 10.3. The first kappa shape index (κ1) is 14.2. The van der Waals surface area contributed by atoms with Gasteiger partial charge in [0, 0.05) is 10.2 Å². The molecule has 0 unspecified atom stereocenters. The van der Waals surface area contributed by atoms with E-state index in [0.29, 0.717) is 5.69 Å². The van der Waals surface area contributed by atoms with Gasteiger partial charge in [0.2, 0.25) is 0 Å². The summed E-state index contributed by atoms with van der Waals surface area (Å²) in [7, 11) is -3.68. The predicted octanol–water partition coefficient (Wildman–Crippen LogP) is 3.49. The van der Waals surface area contributed by atoms with Crippen LogP contribution in [0.25, 0.3) is 0 Å². The molecule has 0 aliphatic heterocycles. The van der Waals surface area contributed by atoms with Crippen molar-refractivity contribution in [1.82, 2.24) is 0 Å². The molecule has 0 saturated carbocycles. The van der Waals surface area contributed by atoms with E-state index in [9.17, 15) is 8.42 Å². The van der Waals surface area contributed by atoms with Crippen LogP contribution in [0.15, 0.2) is 51.8 Å². The Kier molecular flexibility index (Phi) is 4.03. The van der Waals surface area contributed by atoms with Gasteiger partial charge < -0.3 is 5.73 Å². The molecule has 2 aromatic rings. The standard InChI is InChI=1S/C12H10BrClN2O2S/c13-8-1-4-10(5-2-8)19(17,18)16-12-7-9(15)3-6-11(12)14/h1-7,16H,15H2. The fraction of sp³-hybridized carbons (Fsp3) is 0. The van der Waals surface area contributed by atoms with Crippen molar-refractivity contribution in [3.05, 3.63) is 52.0 Å². The second-order valence-corrected chi connectivity index (χ2v) is 6.80. The third-order valence-corrected chi connectivity index (χ3v) is 4.60.